The highest BCUT2D eigenvalue weighted by molar-refractivity contribution is 8.00. The van der Waals surface area contributed by atoms with Crippen molar-refractivity contribution in [1.82, 2.24) is 10.2 Å². The minimum atomic E-state index is -0.395. The van der Waals surface area contributed by atoms with Crippen LogP contribution in [-0.4, -0.2) is 54.0 Å². The molecule has 0 unspecified atom stereocenters. The number of thioether (sulfide) groups is 1. The fourth-order valence-electron chi connectivity index (χ4n) is 1.20. The zero-order valence-electron chi connectivity index (χ0n) is 9.31. The molecule has 1 aliphatic heterocycles. The average molecular weight is 258 g/mol. The molecule has 1 aliphatic rings. The van der Waals surface area contributed by atoms with Crippen molar-refractivity contribution in [1.29, 1.82) is 0 Å². The van der Waals surface area contributed by atoms with E-state index in [0.29, 0.717) is 13.1 Å². The molecule has 1 fully saturated rings. The second-order valence-electron chi connectivity index (χ2n) is 3.24. The first-order valence-corrected chi connectivity index (χ1v) is 6.23. The van der Waals surface area contributed by atoms with E-state index < -0.39 is 5.97 Å². The van der Waals surface area contributed by atoms with Gasteiger partial charge in [-0.2, -0.15) is 0 Å². The van der Waals surface area contributed by atoms with Crippen molar-refractivity contribution in [3.05, 3.63) is 12.7 Å². The molecule has 0 bridgehead atoms. The molecule has 7 heteroatoms. The van der Waals surface area contributed by atoms with E-state index in [0.717, 1.165) is 16.7 Å². The molecule has 1 N–H and O–H groups in total. The van der Waals surface area contributed by atoms with Gasteiger partial charge in [-0.1, -0.05) is 12.7 Å². The summed E-state index contributed by atoms with van der Waals surface area (Å²) in [5, 5.41) is 2.53. The third-order valence-corrected chi connectivity index (χ3v) is 2.86. The number of urea groups is 1. The third-order valence-electron chi connectivity index (χ3n) is 1.97. The lowest BCUT2D eigenvalue weighted by molar-refractivity contribution is -0.139. The van der Waals surface area contributed by atoms with Crippen molar-refractivity contribution < 1.29 is 19.1 Å². The van der Waals surface area contributed by atoms with Gasteiger partial charge in [0.05, 0.1) is 11.5 Å². The van der Waals surface area contributed by atoms with Gasteiger partial charge >= 0.3 is 12.0 Å². The van der Waals surface area contributed by atoms with Gasteiger partial charge in [-0.25, -0.2) is 4.79 Å². The second-order valence-corrected chi connectivity index (χ2v) is 4.23. The largest absolute Gasteiger partial charge is 0.461 e. The Morgan fingerprint density at radius 2 is 2.29 bits per heavy atom. The highest BCUT2D eigenvalue weighted by Crippen LogP contribution is 2.06. The SMILES string of the molecule is C=CCOC(=O)CSCC(=O)N1CCNC1=O. The summed E-state index contributed by atoms with van der Waals surface area (Å²) >= 11 is 1.13. The summed E-state index contributed by atoms with van der Waals surface area (Å²) < 4.78 is 4.74. The van der Waals surface area contributed by atoms with Gasteiger partial charge in [0.2, 0.25) is 5.91 Å². The standard InChI is InChI=1S/C10H14N2O4S/c1-2-5-16-9(14)7-17-6-8(13)12-4-3-11-10(12)15/h2H,1,3-7H2,(H,11,15). The number of nitrogens with zero attached hydrogens (tertiary/aromatic N) is 1. The summed E-state index contributed by atoms with van der Waals surface area (Å²) in [4.78, 5) is 34.9. The summed E-state index contributed by atoms with van der Waals surface area (Å²) in [6.07, 6.45) is 1.47. The molecular weight excluding hydrogens is 244 g/mol. The number of amides is 3. The van der Waals surface area contributed by atoms with Crippen molar-refractivity contribution in [2.75, 3.05) is 31.2 Å². The number of rotatable bonds is 6. The van der Waals surface area contributed by atoms with E-state index in [1.165, 1.54) is 6.08 Å². The normalized spacial score (nSPS) is 14.4. The highest BCUT2D eigenvalue weighted by Gasteiger charge is 2.25. The molecule has 0 aromatic carbocycles. The molecule has 1 heterocycles. The van der Waals surface area contributed by atoms with Gasteiger partial charge in [0.1, 0.15) is 6.61 Å². The Bertz CT molecular complexity index is 332. The van der Waals surface area contributed by atoms with Crippen LogP contribution in [0, 0.1) is 0 Å². The van der Waals surface area contributed by atoms with Crippen LogP contribution in [0.5, 0.6) is 0 Å². The number of ether oxygens (including phenoxy) is 1. The molecule has 1 rings (SSSR count). The van der Waals surface area contributed by atoms with Crippen molar-refractivity contribution in [2.24, 2.45) is 0 Å². The maximum atomic E-state index is 11.5. The molecule has 0 spiro atoms. The van der Waals surface area contributed by atoms with E-state index in [1.54, 1.807) is 0 Å². The number of nitrogens with one attached hydrogen (secondary N) is 1. The zero-order valence-corrected chi connectivity index (χ0v) is 10.1. The fourth-order valence-corrected chi connectivity index (χ4v) is 1.89. The summed E-state index contributed by atoms with van der Waals surface area (Å²) in [5.74, 6) is -0.499. The number of carbonyl (C=O) groups is 3. The number of imide groups is 1. The van der Waals surface area contributed by atoms with Gasteiger partial charge in [0.25, 0.3) is 0 Å². The molecule has 94 valence electrons. The van der Waals surface area contributed by atoms with Gasteiger partial charge in [-0.15, -0.1) is 11.8 Å². The van der Waals surface area contributed by atoms with Crippen LogP contribution < -0.4 is 5.32 Å². The molecule has 0 radical (unpaired) electrons. The monoisotopic (exact) mass is 258 g/mol. The van der Waals surface area contributed by atoms with E-state index in [-0.39, 0.29) is 30.1 Å². The van der Waals surface area contributed by atoms with Crippen molar-refractivity contribution in [3.8, 4) is 0 Å². The predicted octanol–water partition coefficient (Wildman–Crippen LogP) is 0.000600. The summed E-state index contributed by atoms with van der Waals surface area (Å²) in [6.45, 7) is 4.45. The Hall–Kier alpha value is -1.50. The van der Waals surface area contributed by atoms with Gasteiger partial charge in [0.15, 0.2) is 0 Å². The van der Waals surface area contributed by atoms with E-state index in [9.17, 15) is 14.4 Å². The van der Waals surface area contributed by atoms with Gasteiger partial charge < -0.3 is 10.1 Å². The van der Waals surface area contributed by atoms with E-state index in [4.69, 9.17) is 4.74 Å². The molecule has 6 nitrogen and oxygen atoms in total. The first kappa shape index (κ1) is 13.6. The van der Waals surface area contributed by atoms with Gasteiger partial charge in [-0.3, -0.25) is 14.5 Å². The van der Waals surface area contributed by atoms with Crippen LogP contribution in [0.1, 0.15) is 0 Å². The molecule has 0 aromatic heterocycles. The maximum Gasteiger partial charge on any atom is 0.324 e. The second kappa shape index (κ2) is 6.95. The lowest BCUT2D eigenvalue weighted by atomic mass is 10.5. The average Bonchev–Trinajstić information content (AvgIpc) is 2.72. The Kier molecular flexibility index (Phi) is 5.55. The van der Waals surface area contributed by atoms with E-state index >= 15 is 0 Å². The van der Waals surface area contributed by atoms with Crippen LogP contribution in [0.3, 0.4) is 0 Å². The third kappa shape index (κ3) is 4.48. The molecular formula is C10H14N2O4S. The number of hydrogen-bond acceptors (Lipinski definition) is 5. The topological polar surface area (TPSA) is 75.7 Å². The number of hydrogen-bond donors (Lipinski definition) is 1. The van der Waals surface area contributed by atoms with Crippen LogP contribution >= 0.6 is 11.8 Å². The minimum Gasteiger partial charge on any atom is -0.461 e. The first-order chi connectivity index (χ1) is 8.15. The van der Waals surface area contributed by atoms with Crippen molar-refractivity contribution in [3.63, 3.8) is 0 Å². The van der Waals surface area contributed by atoms with Crippen LogP contribution in [0.25, 0.3) is 0 Å². The van der Waals surface area contributed by atoms with E-state index in [1.807, 2.05) is 0 Å². The number of esters is 1. The quantitative estimate of drug-likeness (QED) is 0.536. The summed E-state index contributed by atoms with van der Waals surface area (Å²) in [5.41, 5.74) is 0. The highest BCUT2D eigenvalue weighted by atomic mass is 32.2. The molecule has 1 saturated heterocycles. The van der Waals surface area contributed by atoms with Crippen LogP contribution in [0.4, 0.5) is 4.79 Å². The van der Waals surface area contributed by atoms with Crippen LogP contribution in [-0.2, 0) is 14.3 Å². The van der Waals surface area contributed by atoms with Crippen LogP contribution in [0.2, 0.25) is 0 Å². The molecule has 0 aliphatic carbocycles. The molecule has 17 heavy (non-hydrogen) atoms. The Morgan fingerprint density at radius 1 is 1.53 bits per heavy atom. The number of carbonyl (C=O) groups excluding carboxylic acids is 3. The Labute approximate surface area is 103 Å². The lowest BCUT2D eigenvalue weighted by Gasteiger charge is -2.11. The maximum absolute atomic E-state index is 11.5. The fraction of sp³-hybridized carbons (Fsp3) is 0.500. The minimum absolute atomic E-state index is 0.0923. The van der Waals surface area contributed by atoms with Gasteiger partial charge in [0, 0.05) is 13.1 Å². The van der Waals surface area contributed by atoms with Crippen LogP contribution in [0.15, 0.2) is 12.7 Å². The lowest BCUT2D eigenvalue weighted by Crippen LogP contribution is -2.35. The van der Waals surface area contributed by atoms with Crippen molar-refractivity contribution in [2.45, 2.75) is 0 Å². The smallest absolute Gasteiger partial charge is 0.324 e. The molecule has 3 amide bonds. The van der Waals surface area contributed by atoms with E-state index in [2.05, 4.69) is 11.9 Å². The Balaban J connectivity index is 2.17. The summed E-state index contributed by atoms with van der Waals surface area (Å²) in [6, 6.07) is -0.371. The van der Waals surface area contributed by atoms with Gasteiger partial charge in [-0.05, 0) is 0 Å². The first-order valence-electron chi connectivity index (χ1n) is 5.07. The molecule has 0 saturated carbocycles. The molecule has 0 atom stereocenters. The van der Waals surface area contributed by atoms with Crippen molar-refractivity contribution >= 4 is 29.7 Å². The predicted molar refractivity (Wildman–Crippen MR) is 63.6 cm³/mol. The Morgan fingerprint density at radius 3 is 2.88 bits per heavy atom. The summed E-state index contributed by atoms with van der Waals surface area (Å²) in [7, 11) is 0. The molecule has 0 aromatic rings. The zero-order chi connectivity index (χ0) is 12.7.